The van der Waals surface area contributed by atoms with Gasteiger partial charge in [-0.05, 0) is 30.3 Å². The molecule has 2 aromatic rings. The summed E-state index contributed by atoms with van der Waals surface area (Å²) in [6.45, 7) is 3.26. The molecule has 1 atom stereocenters. The fourth-order valence-electron chi connectivity index (χ4n) is 2.19. The Morgan fingerprint density at radius 3 is 2.52 bits per heavy atom. The maximum atomic E-state index is 12.5. The predicted molar refractivity (Wildman–Crippen MR) is 81.5 cm³/mol. The molecule has 1 aliphatic rings. The zero-order valence-electron chi connectivity index (χ0n) is 11.6. The number of ether oxygens (including phenoxy) is 2. The molecule has 0 aliphatic carbocycles. The van der Waals surface area contributed by atoms with Gasteiger partial charge in [-0.1, -0.05) is 30.7 Å². The Hall–Kier alpha value is -2.00. The zero-order chi connectivity index (χ0) is 14.8. The molecule has 0 N–H and O–H groups in total. The van der Waals surface area contributed by atoms with Crippen molar-refractivity contribution >= 4 is 17.4 Å². The zero-order valence-corrected chi connectivity index (χ0v) is 12.4. The summed E-state index contributed by atoms with van der Waals surface area (Å²) in [5.41, 5.74) is 1.12. The molecule has 0 spiro atoms. The number of hydrogen-bond donors (Lipinski definition) is 0. The molecular formula is C17H15ClO3. The van der Waals surface area contributed by atoms with E-state index < -0.39 is 0 Å². The van der Waals surface area contributed by atoms with Crippen molar-refractivity contribution in [2.24, 2.45) is 5.92 Å². The lowest BCUT2D eigenvalue weighted by Gasteiger charge is -2.09. The number of carbonyl (C=O) groups excluding carboxylic acids is 1. The predicted octanol–water partition coefficient (Wildman–Crippen LogP) is 3.98. The lowest BCUT2D eigenvalue weighted by atomic mass is 10.0. The van der Waals surface area contributed by atoms with Gasteiger partial charge < -0.3 is 9.47 Å². The summed E-state index contributed by atoms with van der Waals surface area (Å²) in [5.74, 6) is 1.54. The molecule has 0 amide bonds. The summed E-state index contributed by atoms with van der Waals surface area (Å²) in [6.07, 6.45) is 0. The molecule has 1 unspecified atom stereocenters. The minimum absolute atomic E-state index is 0.0822. The molecule has 0 bridgehead atoms. The highest BCUT2D eigenvalue weighted by atomic mass is 35.5. The standard InChI is InChI=1S/C17H15ClO3/c1-11-9-20-15-6-5-13(8-16(15)21-10-11)17(19)12-3-2-4-14(18)7-12/h2-8,11H,9-10H2,1H3. The van der Waals surface area contributed by atoms with Gasteiger partial charge in [0.15, 0.2) is 17.3 Å². The van der Waals surface area contributed by atoms with Gasteiger partial charge in [0, 0.05) is 22.1 Å². The van der Waals surface area contributed by atoms with Gasteiger partial charge in [-0.15, -0.1) is 0 Å². The van der Waals surface area contributed by atoms with Gasteiger partial charge in [-0.2, -0.15) is 0 Å². The number of halogens is 1. The molecule has 0 saturated heterocycles. The van der Waals surface area contributed by atoms with Crippen molar-refractivity contribution < 1.29 is 14.3 Å². The average Bonchev–Trinajstić information content (AvgIpc) is 2.68. The highest BCUT2D eigenvalue weighted by Crippen LogP contribution is 2.32. The van der Waals surface area contributed by atoms with Gasteiger partial charge in [0.25, 0.3) is 0 Å². The third-order valence-electron chi connectivity index (χ3n) is 3.34. The van der Waals surface area contributed by atoms with Crippen LogP contribution in [0.1, 0.15) is 22.8 Å². The molecule has 0 radical (unpaired) electrons. The van der Waals surface area contributed by atoms with E-state index in [-0.39, 0.29) is 5.78 Å². The first-order chi connectivity index (χ1) is 10.1. The second-order valence-corrected chi connectivity index (χ2v) is 5.66. The lowest BCUT2D eigenvalue weighted by molar-refractivity contribution is 0.103. The highest BCUT2D eigenvalue weighted by Gasteiger charge is 2.18. The fourth-order valence-corrected chi connectivity index (χ4v) is 2.38. The largest absolute Gasteiger partial charge is 0.489 e. The van der Waals surface area contributed by atoms with E-state index in [9.17, 15) is 4.79 Å². The van der Waals surface area contributed by atoms with Crippen molar-refractivity contribution in [1.82, 2.24) is 0 Å². The Bertz CT molecular complexity index is 681. The quantitative estimate of drug-likeness (QED) is 0.787. The summed E-state index contributed by atoms with van der Waals surface area (Å²) >= 11 is 5.93. The van der Waals surface area contributed by atoms with E-state index in [1.165, 1.54) is 0 Å². The van der Waals surface area contributed by atoms with Crippen LogP contribution in [0.15, 0.2) is 42.5 Å². The maximum absolute atomic E-state index is 12.5. The number of fused-ring (bicyclic) bond motifs is 1. The number of benzene rings is 2. The molecular weight excluding hydrogens is 288 g/mol. The van der Waals surface area contributed by atoms with Crippen molar-refractivity contribution in [2.45, 2.75) is 6.92 Å². The summed E-state index contributed by atoms with van der Waals surface area (Å²) in [4.78, 5) is 12.5. The van der Waals surface area contributed by atoms with Gasteiger partial charge >= 0.3 is 0 Å². The summed E-state index contributed by atoms with van der Waals surface area (Å²) in [7, 11) is 0. The van der Waals surface area contributed by atoms with Gasteiger partial charge in [-0.3, -0.25) is 4.79 Å². The van der Waals surface area contributed by atoms with Crippen LogP contribution in [-0.4, -0.2) is 19.0 Å². The van der Waals surface area contributed by atoms with E-state index in [0.29, 0.717) is 46.8 Å². The molecule has 3 rings (SSSR count). The normalized spacial score (nSPS) is 17.1. The summed E-state index contributed by atoms with van der Waals surface area (Å²) < 4.78 is 11.4. The SMILES string of the molecule is CC1COc2ccc(C(=O)c3cccc(Cl)c3)cc2OC1. The smallest absolute Gasteiger partial charge is 0.193 e. The summed E-state index contributed by atoms with van der Waals surface area (Å²) in [5, 5.41) is 0.545. The molecule has 2 aromatic carbocycles. The minimum atomic E-state index is -0.0822. The Morgan fingerprint density at radius 2 is 1.76 bits per heavy atom. The minimum Gasteiger partial charge on any atom is -0.489 e. The third kappa shape index (κ3) is 3.03. The van der Waals surface area contributed by atoms with E-state index >= 15 is 0 Å². The highest BCUT2D eigenvalue weighted by molar-refractivity contribution is 6.31. The van der Waals surface area contributed by atoms with Crippen molar-refractivity contribution in [1.29, 1.82) is 0 Å². The van der Waals surface area contributed by atoms with Gasteiger partial charge in [-0.25, -0.2) is 0 Å². The molecule has 108 valence electrons. The number of carbonyl (C=O) groups is 1. The Kier molecular flexibility index (Phi) is 3.84. The summed E-state index contributed by atoms with van der Waals surface area (Å²) in [6, 6.07) is 12.2. The first-order valence-corrected chi connectivity index (χ1v) is 7.21. The van der Waals surface area contributed by atoms with Gasteiger partial charge in [0.05, 0.1) is 13.2 Å². The van der Waals surface area contributed by atoms with Crippen molar-refractivity contribution in [3.05, 3.63) is 58.6 Å². The second kappa shape index (κ2) is 5.78. The fraction of sp³-hybridized carbons (Fsp3) is 0.235. The molecule has 4 heteroatoms. The van der Waals surface area contributed by atoms with Crippen molar-refractivity contribution in [2.75, 3.05) is 13.2 Å². The molecule has 0 saturated carbocycles. The van der Waals surface area contributed by atoms with E-state index in [0.717, 1.165) is 0 Å². The van der Waals surface area contributed by atoms with Crippen molar-refractivity contribution in [3.63, 3.8) is 0 Å². The van der Waals surface area contributed by atoms with Crippen molar-refractivity contribution in [3.8, 4) is 11.5 Å². The van der Waals surface area contributed by atoms with Crippen LogP contribution in [0.5, 0.6) is 11.5 Å². The average molecular weight is 303 g/mol. The Balaban J connectivity index is 1.92. The van der Waals surface area contributed by atoms with Gasteiger partial charge in [0.1, 0.15) is 0 Å². The molecule has 0 fully saturated rings. The van der Waals surface area contributed by atoms with Crippen LogP contribution in [-0.2, 0) is 0 Å². The van der Waals surface area contributed by atoms with Crippen LogP contribution in [0.25, 0.3) is 0 Å². The van der Waals surface area contributed by atoms with E-state index in [1.807, 2.05) is 0 Å². The number of hydrogen-bond acceptors (Lipinski definition) is 3. The molecule has 0 aromatic heterocycles. The van der Waals surface area contributed by atoms with E-state index in [2.05, 4.69) is 6.92 Å². The second-order valence-electron chi connectivity index (χ2n) is 5.23. The topological polar surface area (TPSA) is 35.5 Å². The first kappa shape index (κ1) is 14.0. The Labute approximate surface area is 128 Å². The number of ketones is 1. The van der Waals surface area contributed by atoms with E-state index in [1.54, 1.807) is 42.5 Å². The third-order valence-corrected chi connectivity index (χ3v) is 3.57. The van der Waals surface area contributed by atoms with Crippen LogP contribution >= 0.6 is 11.6 Å². The van der Waals surface area contributed by atoms with Crippen LogP contribution in [0, 0.1) is 5.92 Å². The molecule has 3 nitrogen and oxygen atoms in total. The van der Waals surface area contributed by atoms with Crippen LogP contribution in [0.4, 0.5) is 0 Å². The monoisotopic (exact) mass is 302 g/mol. The Morgan fingerprint density at radius 1 is 1.05 bits per heavy atom. The lowest BCUT2D eigenvalue weighted by Crippen LogP contribution is -2.12. The van der Waals surface area contributed by atoms with E-state index in [4.69, 9.17) is 21.1 Å². The van der Waals surface area contributed by atoms with Crippen LogP contribution < -0.4 is 9.47 Å². The molecule has 1 aliphatic heterocycles. The molecule has 21 heavy (non-hydrogen) atoms. The molecule has 1 heterocycles. The number of rotatable bonds is 2. The van der Waals surface area contributed by atoms with Gasteiger partial charge in [0.2, 0.25) is 0 Å². The maximum Gasteiger partial charge on any atom is 0.193 e. The van der Waals surface area contributed by atoms with Crippen LogP contribution in [0.2, 0.25) is 5.02 Å². The van der Waals surface area contributed by atoms with Crippen LogP contribution in [0.3, 0.4) is 0 Å². The first-order valence-electron chi connectivity index (χ1n) is 6.83.